The number of hydrogen-bond acceptors (Lipinski definition) is 3. The van der Waals surface area contributed by atoms with E-state index in [2.05, 4.69) is 22.1 Å². The van der Waals surface area contributed by atoms with Gasteiger partial charge in [0.05, 0.1) is 5.92 Å². The number of amides is 2. The van der Waals surface area contributed by atoms with E-state index < -0.39 is 5.92 Å². The topological polar surface area (TPSA) is 61.8 Å². The largest absolute Gasteiger partial charge is 0.368 e. The van der Waals surface area contributed by atoms with Crippen LogP contribution in [0.3, 0.4) is 0 Å². The van der Waals surface area contributed by atoms with E-state index in [1.807, 2.05) is 26.0 Å². The van der Waals surface area contributed by atoms with E-state index in [1.165, 1.54) is 32.1 Å². The molecule has 0 spiro atoms. The second-order valence-corrected chi connectivity index (χ2v) is 9.26. The standard InChI is InChI=1S/C25H34ClN3O2/c1-5-11-29(20-9-7-6-8-10-20)23-14-19(26)13-21(18(23)4)24(30)27-15-22-16(2)12-17(3)28-25(22)31/h12-14,20,22H,5-11,15H2,1-4H3,(H,27,30). The van der Waals surface area contributed by atoms with Crippen LogP contribution in [0, 0.1) is 12.8 Å². The number of anilines is 1. The number of nitrogens with one attached hydrogen (secondary N) is 1. The van der Waals surface area contributed by atoms with Crippen molar-refractivity contribution in [2.24, 2.45) is 10.9 Å². The molecule has 1 unspecified atom stereocenters. The minimum absolute atomic E-state index is 0.201. The van der Waals surface area contributed by atoms with Gasteiger partial charge in [-0.2, -0.15) is 0 Å². The number of carbonyl (C=O) groups is 2. The molecule has 0 saturated heterocycles. The molecule has 1 atom stereocenters. The molecule has 6 heteroatoms. The van der Waals surface area contributed by atoms with E-state index >= 15 is 0 Å². The average molecular weight is 444 g/mol. The fraction of sp³-hybridized carbons (Fsp3) is 0.560. The number of benzene rings is 1. The van der Waals surface area contributed by atoms with Gasteiger partial charge in [-0.3, -0.25) is 9.59 Å². The Labute approximate surface area is 190 Å². The zero-order valence-electron chi connectivity index (χ0n) is 19.1. The van der Waals surface area contributed by atoms with E-state index in [4.69, 9.17) is 11.6 Å². The van der Waals surface area contributed by atoms with Crippen LogP contribution in [-0.4, -0.2) is 36.7 Å². The fourth-order valence-corrected chi connectivity index (χ4v) is 4.99. The summed E-state index contributed by atoms with van der Waals surface area (Å²) in [6.45, 7) is 9.08. The lowest BCUT2D eigenvalue weighted by atomic mass is 9.92. The molecule has 1 aromatic carbocycles. The third-order valence-electron chi connectivity index (χ3n) is 6.42. The quantitative estimate of drug-likeness (QED) is 0.605. The van der Waals surface area contributed by atoms with E-state index in [1.54, 1.807) is 13.0 Å². The molecule has 168 valence electrons. The Morgan fingerprint density at radius 3 is 2.55 bits per heavy atom. The third kappa shape index (κ3) is 5.57. The minimum Gasteiger partial charge on any atom is -0.368 e. The molecule has 0 radical (unpaired) electrons. The molecule has 1 aromatic rings. The van der Waals surface area contributed by atoms with Crippen LogP contribution in [0.2, 0.25) is 5.02 Å². The smallest absolute Gasteiger partial charge is 0.254 e. The van der Waals surface area contributed by atoms with Crippen LogP contribution in [0.1, 0.15) is 75.2 Å². The lowest BCUT2D eigenvalue weighted by Gasteiger charge is -2.37. The molecule has 0 aromatic heterocycles. The van der Waals surface area contributed by atoms with Crippen molar-refractivity contribution >= 4 is 34.8 Å². The van der Waals surface area contributed by atoms with Crippen molar-refractivity contribution in [3.05, 3.63) is 39.9 Å². The fourth-order valence-electron chi connectivity index (χ4n) is 4.78. The van der Waals surface area contributed by atoms with E-state index in [0.717, 1.165) is 29.8 Å². The molecule has 0 bridgehead atoms. The number of halogens is 1. The highest BCUT2D eigenvalue weighted by Gasteiger charge is 2.27. The molecule has 1 heterocycles. The highest BCUT2D eigenvalue weighted by molar-refractivity contribution is 6.31. The second-order valence-electron chi connectivity index (χ2n) is 8.83. The number of dihydropyridines is 1. The number of allylic oxidation sites excluding steroid dienone is 1. The van der Waals surface area contributed by atoms with Crippen molar-refractivity contribution in [1.29, 1.82) is 0 Å². The van der Waals surface area contributed by atoms with Gasteiger partial charge in [0.1, 0.15) is 0 Å². The second kappa shape index (κ2) is 10.4. The van der Waals surface area contributed by atoms with E-state index in [-0.39, 0.29) is 18.4 Å². The van der Waals surface area contributed by atoms with Gasteiger partial charge in [0.25, 0.3) is 11.8 Å². The average Bonchev–Trinajstić information content (AvgIpc) is 2.73. The van der Waals surface area contributed by atoms with Crippen LogP contribution in [0.15, 0.2) is 28.8 Å². The van der Waals surface area contributed by atoms with Gasteiger partial charge in [-0.15, -0.1) is 0 Å². The van der Waals surface area contributed by atoms with Crippen molar-refractivity contribution < 1.29 is 9.59 Å². The molecular weight excluding hydrogens is 410 g/mol. The first-order valence-corrected chi connectivity index (χ1v) is 11.8. The summed E-state index contributed by atoms with van der Waals surface area (Å²) in [6, 6.07) is 4.22. The van der Waals surface area contributed by atoms with Gasteiger partial charge in [-0.25, -0.2) is 4.99 Å². The normalized spacial score (nSPS) is 19.6. The summed E-state index contributed by atoms with van der Waals surface area (Å²) >= 11 is 6.47. The van der Waals surface area contributed by atoms with E-state index in [0.29, 0.717) is 22.3 Å². The van der Waals surface area contributed by atoms with Gasteiger partial charge in [0.15, 0.2) is 0 Å². The van der Waals surface area contributed by atoms with Crippen LogP contribution < -0.4 is 10.2 Å². The molecule has 1 N–H and O–H groups in total. The molecule has 2 amide bonds. The number of rotatable bonds is 7. The number of hydrogen-bond donors (Lipinski definition) is 1. The molecular formula is C25H34ClN3O2. The summed E-state index contributed by atoms with van der Waals surface area (Å²) in [5.74, 6) is -0.814. The predicted molar refractivity (Wildman–Crippen MR) is 128 cm³/mol. The van der Waals surface area contributed by atoms with Crippen LogP contribution in [0.5, 0.6) is 0 Å². The summed E-state index contributed by atoms with van der Waals surface area (Å²) < 4.78 is 0. The maximum absolute atomic E-state index is 13.1. The Hall–Kier alpha value is -2.14. The first-order valence-electron chi connectivity index (χ1n) is 11.4. The lowest BCUT2D eigenvalue weighted by molar-refractivity contribution is -0.120. The Morgan fingerprint density at radius 1 is 1.19 bits per heavy atom. The summed E-state index contributed by atoms with van der Waals surface area (Å²) in [6.07, 6.45) is 9.11. The zero-order chi connectivity index (χ0) is 22.5. The maximum atomic E-state index is 13.1. The van der Waals surface area contributed by atoms with E-state index in [9.17, 15) is 9.59 Å². The van der Waals surface area contributed by atoms with Crippen LogP contribution in [0.4, 0.5) is 5.69 Å². The molecule has 1 fully saturated rings. The summed E-state index contributed by atoms with van der Waals surface area (Å²) in [7, 11) is 0. The number of aliphatic imine (C=N–C) groups is 1. The van der Waals surface area contributed by atoms with Gasteiger partial charge in [-0.1, -0.05) is 43.4 Å². The lowest BCUT2D eigenvalue weighted by Crippen LogP contribution is -2.38. The highest BCUT2D eigenvalue weighted by atomic mass is 35.5. The van der Waals surface area contributed by atoms with Crippen molar-refractivity contribution in [1.82, 2.24) is 5.32 Å². The SMILES string of the molecule is CCCN(c1cc(Cl)cc(C(=O)NCC2C(=O)N=C(C)C=C2C)c1C)C1CCCCC1. The van der Waals surface area contributed by atoms with Gasteiger partial charge in [-0.05, 0) is 63.8 Å². The Kier molecular flexibility index (Phi) is 7.93. The molecule has 3 rings (SSSR count). The van der Waals surface area contributed by atoms with Crippen molar-refractivity contribution in [3.8, 4) is 0 Å². The minimum atomic E-state index is -0.412. The van der Waals surface area contributed by atoms with Crippen LogP contribution >= 0.6 is 11.6 Å². The van der Waals surface area contributed by atoms with Gasteiger partial charge in [0.2, 0.25) is 0 Å². The first kappa shape index (κ1) is 23.5. The molecule has 1 aliphatic carbocycles. The summed E-state index contributed by atoms with van der Waals surface area (Å²) in [4.78, 5) is 31.8. The molecule has 2 aliphatic rings. The maximum Gasteiger partial charge on any atom is 0.254 e. The molecule has 1 saturated carbocycles. The Balaban J connectivity index is 1.81. The highest BCUT2D eigenvalue weighted by Crippen LogP contribution is 2.33. The first-order chi connectivity index (χ1) is 14.8. The van der Waals surface area contributed by atoms with Crippen LogP contribution in [0.25, 0.3) is 0 Å². The third-order valence-corrected chi connectivity index (χ3v) is 6.63. The summed E-state index contributed by atoms with van der Waals surface area (Å²) in [5.41, 5.74) is 4.20. The zero-order valence-corrected chi connectivity index (χ0v) is 19.9. The van der Waals surface area contributed by atoms with Gasteiger partial charge >= 0.3 is 0 Å². The molecule has 31 heavy (non-hydrogen) atoms. The van der Waals surface area contributed by atoms with Crippen molar-refractivity contribution in [2.45, 2.75) is 72.3 Å². The summed E-state index contributed by atoms with van der Waals surface area (Å²) in [5, 5.41) is 3.51. The number of nitrogens with zero attached hydrogens (tertiary/aromatic N) is 2. The molecule has 1 aliphatic heterocycles. The van der Waals surface area contributed by atoms with Crippen molar-refractivity contribution in [2.75, 3.05) is 18.0 Å². The van der Waals surface area contributed by atoms with Gasteiger partial charge < -0.3 is 10.2 Å². The Bertz CT molecular complexity index is 900. The van der Waals surface area contributed by atoms with Crippen molar-refractivity contribution in [3.63, 3.8) is 0 Å². The number of carbonyl (C=O) groups excluding carboxylic acids is 2. The van der Waals surface area contributed by atoms with Gasteiger partial charge in [0, 0.05) is 41.1 Å². The molecule has 5 nitrogen and oxygen atoms in total. The Morgan fingerprint density at radius 2 is 1.90 bits per heavy atom. The predicted octanol–water partition coefficient (Wildman–Crippen LogP) is 5.49. The monoisotopic (exact) mass is 443 g/mol. The van der Waals surface area contributed by atoms with Crippen LogP contribution in [-0.2, 0) is 4.79 Å².